The number of esters is 1. The molecule has 3 amide bonds. The van der Waals surface area contributed by atoms with Crippen molar-refractivity contribution in [3.05, 3.63) is 58.2 Å². The van der Waals surface area contributed by atoms with Crippen molar-refractivity contribution in [1.29, 1.82) is 0 Å². The van der Waals surface area contributed by atoms with E-state index in [-0.39, 0.29) is 36.9 Å². The number of carbonyl (C=O) groups is 5. The number of rotatable bonds is 10. The van der Waals surface area contributed by atoms with Gasteiger partial charge < -0.3 is 24.3 Å². The Labute approximate surface area is 379 Å². The lowest BCUT2D eigenvalue weighted by Gasteiger charge is -2.41. The molecule has 7 rings (SSSR count). The fraction of sp³-hybridized carbons (Fsp3) is 0.521. The number of nitrogens with zero attached hydrogens (tertiary/aromatic N) is 6. The van der Waals surface area contributed by atoms with Crippen LogP contribution in [-0.4, -0.2) is 124 Å². The van der Waals surface area contributed by atoms with Crippen molar-refractivity contribution in [1.82, 2.24) is 40.1 Å². The molecule has 4 unspecified atom stereocenters. The van der Waals surface area contributed by atoms with Gasteiger partial charge in [-0.3, -0.25) is 38.9 Å². The van der Waals surface area contributed by atoms with Crippen LogP contribution in [0.5, 0.6) is 0 Å². The number of cyclic esters (lactones) is 1. The maximum Gasteiger partial charge on any atom is 0.324 e. The number of benzene rings is 1. The maximum absolute atomic E-state index is 14.6. The third-order valence-electron chi connectivity index (χ3n) is 12.6. The number of methoxy groups -OCH3 is 1. The number of hydrogen-bond acceptors (Lipinski definition) is 12. The van der Waals surface area contributed by atoms with Crippen LogP contribution in [0, 0.1) is 29.1 Å². The molecule has 2 N–H and O–H groups in total. The zero-order valence-corrected chi connectivity index (χ0v) is 38.9. The Bertz CT molecular complexity index is 2460. The Morgan fingerprint density at radius 2 is 1.97 bits per heavy atom. The number of ether oxygens (including phenoxy) is 2. The number of fused-ring (bicyclic) bond motifs is 6. The highest BCUT2D eigenvalue weighted by Crippen LogP contribution is 2.42. The molecule has 16 heteroatoms. The van der Waals surface area contributed by atoms with Gasteiger partial charge in [-0.25, -0.2) is 10.4 Å². The molecule has 340 valence electrons. The van der Waals surface area contributed by atoms with Crippen molar-refractivity contribution < 1.29 is 33.4 Å². The lowest BCUT2D eigenvalue weighted by atomic mass is 9.84. The van der Waals surface area contributed by atoms with E-state index in [9.17, 15) is 24.0 Å². The van der Waals surface area contributed by atoms with E-state index in [0.29, 0.717) is 63.3 Å². The van der Waals surface area contributed by atoms with E-state index >= 15 is 0 Å². The first kappa shape index (κ1) is 46.5. The monoisotopic (exact) mass is 892 g/mol. The van der Waals surface area contributed by atoms with Crippen LogP contribution in [0.3, 0.4) is 0 Å². The van der Waals surface area contributed by atoms with Crippen LogP contribution in [-0.2, 0) is 52.8 Å². The van der Waals surface area contributed by atoms with E-state index in [1.165, 1.54) is 21.2 Å². The first-order chi connectivity index (χ1) is 30.6. The summed E-state index contributed by atoms with van der Waals surface area (Å²) in [7, 11) is 3.31. The van der Waals surface area contributed by atoms with E-state index in [0.717, 1.165) is 44.7 Å². The largest absolute Gasteiger partial charge is 0.464 e. The van der Waals surface area contributed by atoms with Crippen LogP contribution >= 0.6 is 11.3 Å². The molecule has 15 nitrogen and oxygen atoms in total. The van der Waals surface area contributed by atoms with Gasteiger partial charge in [-0.2, -0.15) is 0 Å². The second kappa shape index (κ2) is 19.7. The van der Waals surface area contributed by atoms with E-state index in [2.05, 4.69) is 72.2 Å². The van der Waals surface area contributed by atoms with Crippen LogP contribution in [0.4, 0.5) is 0 Å². The van der Waals surface area contributed by atoms with Gasteiger partial charge in [0, 0.05) is 85.8 Å². The number of carbonyl (C=O) groups excluding carboxylic acids is 5. The van der Waals surface area contributed by atoms with Gasteiger partial charge in [0.25, 0.3) is 5.91 Å². The van der Waals surface area contributed by atoms with Crippen LogP contribution < -0.4 is 10.7 Å². The summed E-state index contributed by atoms with van der Waals surface area (Å²) in [6, 6.07) is 7.69. The number of hydrazine groups is 1. The number of likely N-dealkylation sites (tertiary alicyclic amines) is 1. The number of amides is 3. The smallest absolute Gasteiger partial charge is 0.324 e. The number of nitrogens with one attached hydrogen (secondary N) is 2. The molecule has 6 heterocycles. The molecule has 0 radical (unpaired) electrons. The topological polar surface area (TPSA) is 168 Å². The Hall–Kier alpha value is -5.47. The Kier molecular flexibility index (Phi) is 14.3. The quantitative estimate of drug-likeness (QED) is 0.127. The zero-order valence-electron chi connectivity index (χ0n) is 38.1. The van der Waals surface area contributed by atoms with Gasteiger partial charge in [-0.05, 0) is 74.8 Å². The van der Waals surface area contributed by atoms with Crippen LogP contribution in [0.2, 0.25) is 0 Å². The summed E-state index contributed by atoms with van der Waals surface area (Å²) < 4.78 is 14.2. The second-order valence-corrected chi connectivity index (χ2v) is 19.2. The average molecular weight is 893 g/mol. The first-order valence-corrected chi connectivity index (χ1v) is 23.1. The molecule has 6 bridgehead atoms. The highest BCUT2D eigenvalue weighted by molar-refractivity contribution is 7.10. The summed E-state index contributed by atoms with van der Waals surface area (Å²) in [5, 5.41) is 8.11. The highest BCUT2D eigenvalue weighted by atomic mass is 32.1. The summed E-state index contributed by atoms with van der Waals surface area (Å²) >= 11 is 1.41. The number of likely N-dealkylation sites (N-methyl/N-ethyl adjacent to an activating group) is 1. The van der Waals surface area contributed by atoms with Crippen molar-refractivity contribution in [2.75, 3.05) is 46.9 Å². The fourth-order valence-electron chi connectivity index (χ4n) is 9.23. The molecule has 0 aliphatic carbocycles. The van der Waals surface area contributed by atoms with E-state index in [1.807, 2.05) is 37.1 Å². The third kappa shape index (κ3) is 9.78. The lowest BCUT2D eigenvalue weighted by Crippen LogP contribution is -2.63. The molecule has 3 aliphatic heterocycles. The average Bonchev–Trinajstić information content (AvgIpc) is 3.86. The fourth-order valence-corrected chi connectivity index (χ4v) is 10.1. The molecule has 0 spiro atoms. The van der Waals surface area contributed by atoms with Gasteiger partial charge in [-0.15, -0.1) is 11.3 Å². The standard InChI is InChI=1S/C48H60N8O7S/c1-9-55-39-17-16-31-22-34(39)35(43(55)33-14-12-18-49-41(33)30(4)62-8)24-48(5,6)28-63-47(61)36-15-13-20-56(52-36)46(60)37(23-40-50-38(31)27-64-40)51-44(58)42(29(2)3)53(7)45(59)32-25-54(26-32)19-10-11-21-57/h12,14,16-18,21-22,27,29-30,32,36-37,42,52H,9,13,15,19-20,23-26,28H2,1-8H3,(H,51,58). The Balaban J connectivity index is 1.25. The van der Waals surface area contributed by atoms with Crippen molar-refractivity contribution in [2.24, 2.45) is 17.3 Å². The number of thiazole rings is 1. The number of aryl methyl sites for hydroxylation is 1. The van der Waals surface area contributed by atoms with Gasteiger partial charge in [0.2, 0.25) is 11.8 Å². The summed E-state index contributed by atoms with van der Waals surface area (Å²) in [5.74, 6) is 3.05. The van der Waals surface area contributed by atoms with Crippen molar-refractivity contribution >= 4 is 52.2 Å². The normalized spacial score (nSPS) is 20.4. The number of hydrogen-bond donors (Lipinski definition) is 2. The second-order valence-electron chi connectivity index (χ2n) is 18.2. The number of aldehydes is 1. The predicted molar refractivity (Wildman–Crippen MR) is 244 cm³/mol. The predicted octanol–water partition coefficient (Wildman–Crippen LogP) is 4.82. The molecule has 2 fully saturated rings. The van der Waals surface area contributed by atoms with Gasteiger partial charge in [0.1, 0.15) is 18.1 Å². The van der Waals surface area contributed by atoms with Gasteiger partial charge in [0.15, 0.2) is 6.29 Å². The molecule has 3 aliphatic rings. The Morgan fingerprint density at radius 1 is 1.19 bits per heavy atom. The van der Waals surface area contributed by atoms with E-state index in [4.69, 9.17) is 19.4 Å². The summed E-state index contributed by atoms with van der Waals surface area (Å²) in [4.78, 5) is 80.4. The van der Waals surface area contributed by atoms with E-state index < -0.39 is 41.3 Å². The summed E-state index contributed by atoms with van der Waals surface area (Å²) in [5.41, 5.74) is 9.28. The molecule has 1 aromatic carbocycles. The zero-order chi connectivity index (χ0) is 45.9. The minimum absolute atomic E-state index is 0.0872. The molecule has 4 atom stereocenters. The van der Waals surface area contributed by atoms with Gasteiger partial charge >= 0.3 is 5.97 Å². The molecule has 3 aromatic heterocycles. The minimum atomic E-state index is -1.06. The molecule has 4 aromatic rings. The molecular weight excluding hydrogens is 833 g/mol. The summed E-state index contributed by atoms with van der Waals surface area (Å²) in [6.07, 6.45) is 3.76. The van der Waals surface area contributed by atoms with Gasteiger partial charge in [0.05, 0.1) is 47.3 Å². The third-order valence-corrected chi connectivity index (χ3v) is 13.5. The van der Waals surface area contributed by atoms with E-state index in [1.54, 1.807) is 20.4 Å². The molecule has 2 saturated heterocycles. The first-order valence-electron chi connectivity index (χ1n) is 22.2. The Morgan fingerprint density at radius 3 is 2.69 bits per heavy atom. The SMILES string of the molecule is CCn1c(-c2cccnc2C(C)OC)c2c3cc(ccc31)-c1csc(n1)CC(NC(=O)C(C(C)C)N(C)C(=O)C1CN(CC#CC=O)C1)C(=O)N1CCCC(N1)C(=O)OCC(C)(C)C2. The highest BCUT2D eigenvalue weighted by Gasteiger charge is 2.41. The molecular formula is C48H60N8O7S. The maximum atomic E-state index is 14.6. The molecule has 0 saturated carbocycles. The van der Waals surface area contributed by atoms with Gasteiger partial charge in [-0.1, -0.05) is 39.7 Å². The van der Waals surface area contributed by atoms with Crippen LogP contribution in [0.1, 0.15) is 76.8 Å². The van der Waals surface area contributed by atoms with Crippen molar-refractivity contribution in [3.8, 4) is 34.4 Å². The van der Waals surface area contributed by atoms with Crippen molar-refractivity contribution in [2.45, 2.75) is 98.0 Å². The van der Waals surface area contributed by atoms with Crippen LogP contribution in [0.25, 0.3) is 33.4 Å². The number of aromatic nitrogens is 3. The minimum Gasteiger partial charge on any atom is -0.464 e. The lowest BCUT2D eigenvalue weighted by molar-refractivity contribution is -0.155. The summed E-state index contributed by atoms with van der Waals surface area (Å²) in [6.45, 7) is 14.5. The van der Waals surface area contributed by atoms with Crippen LogP contribution in [0.15, 0.2) is 41.9 Å². The number of pyridine rings is 1. The van der Waals surface area contributed by atoms with Crippen molar-refractivity contribution in [3.63, 3.8) is 0 Å². The molecule has 64 heavy (non-hydrogen) atoms.